The third kappa shape index (κ3) is 3.61. The molecular weight excluding hydrogens is 292 g/mol. The summed E-state index contributed by atoms with van der Waals surface area (Å²) in [5.41, 5.74) is 1.96. The molecule has 1 heterocycles. The Hall–Kier alpha value is -2.57. The first kappa shape index (κ1) is 16.8. The summed E-state index contributed by atoms with van der Waals surface area (Å²) in [5, 5.41) is 30.7. The van der Waals surface area contributed by atoms with Crippen molar-refractivity contribution in [2.75, 3.05) is 6.54 Å². The molecule has 0 radical (unpaired) electrons. The van der Waals surface area contributed by atoms with Gasteiger partial charge in [0.05, 0.1) is 6.10 Å². The SMILES string of the molecule is Cc1c(C=C(C#N)C(=O)NCC2CCCC2O)cc(C#N)n1C. The molecule has 0 aromatic carbocycles. The summed E-state index contributed by atoms with van der Waals surface area (Å²) in [6.45, 7) is 2.20. The number of nitriles is 2. The van der Waals surface area contributed by atoms with Gasteiger partial charge in [-0.25, -0.2) is 0 Å². The summed E-state index contributed by atoms with van der Waals surface area (Å²) in [5.74, 6) is -0.393. The Balaban J connectivity index is 2.11. The number of hydrogen-bond donors (Lipinski definition) is 2. The predicted molar refractivity (Wildman–Crippen MR) is 84.8 cm³/mol. The Labute approximate surface area is 135 Å². The third-order valence-corrected chi connectivity index (χ3v) is 4.50. The largest absolute Gasteiger partial charge is 0.393 e. The maximum absolute atomic E-state index is 12.2. The van der Waals surface area contributed by atoms with E-state index in [2.05, 4.69) is 11.4 Å². The minimum absolute atomic E-state index is 0.00400. The highest BCUT2D eigenvalue weighted by molar-refractivity contribution is 6.01. The van der Waals surface area contributed by atoms with Gasteiger partial charge in [-0.05, 0) is 37.5 Å². The molecule has 1 aliphatic rings. The van der Waals surface area contributed by atoms with Crippen LogP contribution in [0.3, 0.4) is 0 Å². The highest BCUT2D eigenvalue weighted by atomic mass is 16.3. The second kappa shape index (κ2) is 7.13. The molecule has 1 fully saturated rings. The van der Waals surface area contributed by atoms with Crippen molar-refractivity contribution in [3.05, 3.63) is 28.6 Å². The van der Waals surface area contributed by atoms with E-state index in [9.17, 15) is 15.2 Å². The van der Waals surface area contributed by atoms with Crippen LogP contribution in [0, 0.1) is 35.5 Å². The summed E-state index contributed by atoms with van der Waals surface area (Å²) in [6, 6.07) is 5.63. The van der Waals surface area contributed by atoms with E-state index in [1.165, 1.54) is 6.08 Å². The summed E-state index contributed by atoms with van der Waals surface area (Å²) >= 11 is 0. The highest BCUT2D eigenvalue weighted by Crippen LogP contribution is 2.24. The van der Waals surface area contributed by atoms with E-state index in [1.54, 1.807) is 17.7 Å². The Morgan fingerprint density at radius 1 is 1.52 bits per heavy atom. The van der Waals surface area contributed by atoms with Crippen molar-refractivity contribution in [1.29, 1.82) is 10.5 Å². The molecule has 1 aromatic rings. The number of rotatable bonds is 4. The van der Waals surface area contributed by atoms with Crippen molar-refractivity contribution < 1.29 is 9.90 Å². The van der Waals surface area contributed by atoms with E-state index in [0.717, 1.165) is 25.0 Å². The lowest BCUT2D eigenvalue weighted by atomic mass is 10.1. The number of carbonyl (C=O) groups excluding carboxylic acids is 1. The Morgan fingerprint density at radius 3 is 2.78 bits per heavy atom. The van der Waals surface area contributed by atoms with Gasteiger partial charge in [0, 0.05) is 25.2 Å². The third-order valence-electron chi connectivity index (χ3n) is 4.50. The minimum atomic E-state index is -0.451. The summed E-state index contributed by atoms with van der Waals surface area (Å²) < 4.78 is 1.72. The molecule has 2 rings (SSSR count). The fraction of sp³-hybridized carbons (Fsp3) is 0.471. The van der Waals surface area contributed by atoms with Crippen LogP contribution in [0.15, 0.2) is 11.6 Å². The fourth-order valence-corrected chi connectivity index (χ4v) is 2.85. The Morgan fingerprint density at radius 2 is 2.26 bits per heavy atom. The lowest BCUT2D eigenvalue weighted by molar-refractivity contribution is -0.117. The van der Waals surface area contributed by atoms with Crippen molar-refractivity contribution in [1.82, 2.24) is 9.88 Å². The van der Waals surface area contributed by atoms with Crippen molar-refractivity contribution >= 4 is 12.0 Å². The number of carbonyl (C=O) groups is 1. The van der Waals surface area contributed by atoms with Gasteiger partial charge in [-0.15, -0.1) is 0 Å². The molecule has 1 saturated carbocycles. The summed E-state index contributed by atoms with van der Waals surface area (Å²) in [7, 11) is 1.76. The molecule has 1 amide bonds. The molecule has 0 bridgehead atoms. The zero-order valence-electron chi connectivity index (χ0n) is 13.3. The average molecular weight is 312 g/mol. The number of aliphatic hydroxyl groups is 1. The number of hydrogen-bond acceptors (Lipinski definition) is 4. The molecule has 6 nitrogen and oxygen atoms in total. The lowest BCUT2D eigenvalue weighted by Crippen LogP contribution is -2.33. The molecule has 0 aliphatic heterocycles. The van der Waals surface area contributed by atoms with Gasteiger partial charge in [0.25, 0.3) is 5.91 Å². The zero-order valence-corrected chi connectivity index (χ0v) is 13.3. The molecule has 1 aliphatic carbocycles. The van der Waals surface area contributed by atoms with Gasteiger partial charge in [-0.1, -0.05) is 6.42 Å². The second-order valence-electron chi connectivity index (χ2n) is 5.88. The number of amides is 1. The van der Waals surface area contributed by atoms with E-state index in [0.29, 0.717) is 17.8 Å². The fourth-order valence-electron chi connectivity index (χ4n) is 2.85. The van der Waals surface area contributed by atoms with Gasteiger partial charge < -0.3 is 15.0 Å². The van der Waals surface area contributed by atoms with Crippen LogP contribution in [-0.2, 0) is 11.8 Å². The smallest absolute Gasteiger partial charge is 0.261 e. The molecule has 0 saturated heterocycles. The number of aliphatic hydroxyl groups excluding tert-OH is 1. The van der Waals surface area contributed by atoms with Gasteiger partial charge in [-0.2, -0.15) is 10.5 Å². The lowest BCUT2D eigenvalue weighted by Gasteiger charge is -2.14. The minimum Gasteiger partial charge on any atom is -0.393 e. The standard InChI is InChI=1S/C17H20N4O2/c1-11-13(7-15(9-19)21(11)2)6-14(8-18)17(23)20-10-12-4-3-5-16(12)22/h6-7,12,16,22H,3-5,10H2,1-2H3,(H,20,23). The quantitative estimate of drug-likeness (QED) is 0.648. The molecule has 2 N–H and O–H groups in total. The second-order valence-corrected chi connectivity index (χ2v) is 5.88. The monoisotopic (exact) mass is 312 g/mol. The normalized spacial score (nSPS) is 20.8. The van der Waals surface area contributed by atoms with Crippen LogP contribution in [0.1, 0.15) is 36.2 Å². The van der Waals surface area contributed by atoms with E-state index >= 15 is 0 Å². The van der Waals surface area contributed by atoms with E-state index in [4.69, 9.17) is 5.26 Å². The van der Waals surface area contributed by atoms with Crippen LogP contribution in [0.5, 0.6) is 0 Å². The first-order valence-electron chi connectivity index (χ1n) is 7.62. The maximum Gasteiger partial charge on any atom is 0.261 e. The van der Waals surface area contributed by atoms with Crippen LogP contribution in [-0.4, -0.2) is 28.2 Å². The van der Waals surface area contributed by atoms with Crippen LogP contribution in [0.2, 0.25) is 0 Å². The number of nitrogens with one attached hydrogen (secondary N) is 1. The molecule has 120 valence electrons. The van der Waals surface area contributed by atoms with E-state index < -0.39 is 5.91 Å². The molecule has 6 heteroatoms. The van der Waals surface area contributed by atoms with Gasteiger partial charge in [0.2, 0.25) is 0 Å². The van der Waals surface area contributed by atoms with Crippen LogP contribution in [0.4, 0.5) is 0 Å². The molecule has 1 aromatic heterocycles. The van der Waals surface area contributed by atoms with Crippen molar-refractivity contribution in [2.45, 2.75) is 32.3 Å². The Kier molecular flexibility index (Phi) is 5.20. The van der Waals surface area contributed by atoms with E-state index in [-0.39, 0.29) is 17.6 Å². The van der Waals surface area contributed by atoms with Crippen molar-refractivity contribution in [2.24, 2.45) is 13.0 Å². The van der Waals surface area contributed by atoms with Crippen molar-refractivity contribution in [3.63, 3.8) is 0 Å². The van der Waals surface area contributed by atoms with Crippen molar-refractivity contribution in [3.8, 4) is 12.1 Å². The van der Waals surface area contributed by atoms with E-state index in [1.807, 2.05) is 13.0 Å². The number of nitrogens with zero attached hydrogens (tertiary/aromatic N) is 3. The predicted octanol–water partition coefficient (Wildman–Crippen LogP) is 1.39. The first-order valence-corrected chi connectivity index (χ1v) is 7.62. The maximum atomic E-state index is 12.2. The summed E-state index contributed by atoms with van der Waals surface area (Å²) in [4.78, 5) is 12.2. The molecule has 0 spiro atoms. The molecule has 23 heavy (non-hydrogen) atoms. The average Bonchev–Trinajstić information content (AvgIpc) is 3.07. The van der Waals surface area contributed by atoms with Crippen LogP contribution in [0.25, 0.3) is 6.08 Å². The van der Waals surface area contributed by atoms with Gasteiger partial charge >= 0.3 is 0 Å². The molecule has 2 unspecified atom stereocenters. The molecular formula is C17H20N4O2. The zero-order chi connectivity index (χ0) is 17.0. The van der Waals surface area contributed by atoms with Crippen LogP contribution < -0.4 is 5.32 Å². The van der Waals surface area contributed by atoms with Gasteiger partial charge in [-0.3, -0.25) is 4.79 Å². The topological polar surface area (TPSA) is 102 Å². The Bertz CT molecular complexity index is 718. The number of aromatic nitrogens is 1. The first-order chi connectivity index (χ1) is 11.0. The van der Waals surface area contributed by atoms with Crippen LogP contribution >= 0.6 is 0 Å². The highest BCUT2D eigenvalue weighted by Gasteiger charge is 2.25. The van der Waals surface area contributed by atoms with Gasteiger partial charge in [0.1, 0.15) is 23.4 Å². The summed E-state index contributed by atoms with van der Waals surface area (Å²) in [6.07, 6.45) is 3.73. The van der Waals surface area contributed by atoms with Gasteiger partial charge in [0.15, 0.2) is 0 Å². The molecule has 2 atom stereocenters.